The summed E-state index contributed by atoms with van der Waals surface area (Å²) in [7, 11) is 0. The van der Waals surface area contributed by atoms with Crippen LogP contribution in [0.15, 0.2) is 6.33 Å². The quantitative estimate of drug-likeness (QED) is 0.808. The summed E-state index contributed by atoms with van der Waals surface area (Å²) in [5.74, 6) is 0.422. The second-order valence-electron chi connectivity index (χ2n) is 4.86. The van der Waals surface area contributed by atoms with Gasteiger partial charge in [0.2, 0.25) is 5.28 Å². The number of fused-ring (bicyclic) bond motifs is 1. The Morgan fingerprint density at radius 1 is 1.55 bits per heavy atom. The minimum atomic E-state index is -1.76. The summed E-state index contributed by atoms with van der Waals surface area (Å²) < 4.78 is 20.8. The number of alkyl halides is 1. The van der Waals surface area contributed by atoms with Crippen molar-refractivity contribution in [1.29, 1.82) is 0 Å². The van der Waals surface area contributed by atoms with E-state index in [1.807, 2.05) is 6.92 Å². The summed E-state index contributed by atoms with van der Waals surface area (Å²) in [4.78, 5) is 12.2. The van der Waals surface area contributed by atoms with E-state index < -0.39 is 31.2 Å². The summed E-state index contributed by atoms with van der Waals surface area (Å²) in [5.41, 5.74) is 0.671. The van der Waals surface area contributed by atoms with Crippen molar-refractivity contribution < 1.29 is 19.3 Å². The average Bonchev–Trinajstić information content (AvgIpc) is 3.02. The van der Waals surface area contributed by atoms with E-state index in [9.17, 15) is 14.6 Å². The lowest BCUT2D eigenvalue weighted by Crippen LogP contribution is -2.30. The van der Waals surface area contributed by atoms with Crippen LogP contribution in [0.2, 0.25) is 5.28 Å². The topological polar surface area (TPSA) is 105 Å². The van der Waals surface area contributed by atoms with E-state index in [1.165, 1.54) is 10.9 Å². The number of nitrogens with one attached hydrogen (secondary N) is 1. The van der Waals surface area contributed by atoms with E-state index in [2.05, 4.69) is 20.3 Å². The van der Waals surface area contributed by atoms with Gasteiger partial charge in [0, 0.05) is 6.54 Å². The molecule has 4 atom stereocenters. The maximum absolute atomic E-state index is 14.2. The molecule has 0 amide bonds. The van der Waals surface area contributed by atoms with Gasteiger partial charge in [0.1, 0.15) is 18.8 Å². The van der Waals surface area contributed by atoms with Gasteiger partial charge in [-0.2, -0.15) is 9.97 Å². The normalized spacial score (nSPS) is 28.4. The van der Waals surface area contributed by atoms with Crippen molar-refractivity contribution in [3.05, 3.63) is 11.6 Å². The average molecular weight is 331 g/mol. The lowest BCUT2D eigenvalue weighted by Gasteiger charge is -2.15. The van der Waals surface area contributed by atoms with E-state index in [0.29, 0.717) is 17.9 Å². The van der Waals surface area contributed by atoms with Gasteiger partial charge in [-0.1, -0.05) is 0 Å². The smallest absolute Gasteiger partial charge is 0.226 e. The van der Waals surface area contributed by atoms with E-state index in [-0.39, 0.29) is 10.9 Å². The fourth-order valence-electron chi connectivity index (χ4n) is 2.43. The van der Waals surface area contributed by atoms with Crippen LogP contribution in [0.1, 0.15) is 13.2 Å². The lowest BCUT2D eigenvalue weighted by atomic mass is 10.1. The van der Waals surface area contributed by atoms with Gasteiger partial charge >= 0.3 is 0 Å². The molecule has 0 spiro atoms. The molecule has 1 aliphatic rings. The van der Waals surface area contributed by atoms with Gasteiger partial charge in [0.05, 0.1) is 6.33 Å². The summed E-state index contributed by atoms with van der Waals surface area (Å²) in [5, 5.41) is 23.6. The Bertz CT molecular complexity index is 684. The molecule has 1 saturated heterocycles. The Morgan fingerprint density at radius 3 is 2.95 bits per heavy atom. The number of aromatic nitrogens is 4. The summed E-state index contributed by atoms with van der Waals surface area (Å²) in [6.45, 7) is 1.74. The lowest BCUT2D eigenvalue weighted by molar-refractivity contribution is -0.0593. The number of rotatable bonds is 4. The highest BCUT2D eigenvalue weighted by molar-refractivity contribution is 6.28. The molecule has 1 fully saturated rings. The number of hydrogen-bond donors (Lipinski definition) is 2. The maximum atomic E-state index is 14.2. The first kappa shape index (κ1) is 15.3. The van der Waals surface area contributed by atoms with Gasteiger partial charge in [-0.25, -0.2) is 14.5 Å². The standard InChI is InChI=1S/C12H14ClFN5O3/c1-2-15-9-7-10(18-12(13)17-9)19(4-16-7)11-6(14)8(21)5(3-20)22-11/h4-6,8,11,21H,2-3H2,1H3,(H,15,17,18)/t5-,6+,8-,11-/m1/s1. The molecule has 22 heavy (non-hydrogen) atoms. The Hall–Kier alpha value is -1.55. The molecule has 8 nitrogen and oxygen atoms in total. The van der Waals surface area contributed by atoms with Gasteiger partial charge in [0.15, 0.2) is 29.4 Å². The first-order chi connectivity index (χ1) is 10.6. The van der Waals surface area contributed by atoms with Crippen LogP contribution in [0.25, 0.3) is 11.2 Å². The maximum Gasteiger partial charge on any atom is 0.226 e. The van der Waals surface area contributed by atoms with Crippen LogP contribution in [0, 0.1) is 0 Å². The van der Waals surface area contributed by atoms with Crippen LogP contribution in [-0.2, 0) is 9.84 Å². The predicted molar refractivity (Wildman–Crippen MR) is 74.9 cm³/mol. The first-order valence-electron chi connectivity index (χ1n) is 6.76. The molecule has 0 saturated carbocycles. The molecule has 119 valence electrons. The number of imidazole rings is 1. The van der Waals surface area contributed by atoms with Gasteiger partial charge in [0.25, 0.3) is 0 Å². The summed E-state index contributed by atoms with van der Waals surface area (Å²) >= 11 is 5.88. The molecule has 0 unspecified atom stereocenters. The fraction of sp³-hybridized carbons (Fsp3) is 0.583. The third-order valence-corrected chi connectivity index (χ3v) is 3.64. The number of ether oxygens (including phenoxy) is 1. The van der Waals surface area contributed by atoms with Gasteiger partial charge < -0.3 is 15.2 Å². The number of nitrogens with zero attached hydrogens (tertiary/aromatic N) is 4. The Kier molecular flexibility index (Phi) is 4.13. The van der Waals surface area contributed by atoms with Crippen LogP contribution >= 0.6 is 11.6 Å². The molecular weight excluding hydrogens is 317 g/mol. The monoisotopic (exact) mass is 330 g/mol. The van der Waals surface area contributed by atoms with Crippen molar-refractivity contribution in [2.24, 2.45) is 0 Å². The van der Waals surface area contributed by atoms with Gasteiger partial charge in [-0.3, -0.25) is 4.57 Å². The second kappa shape index (κ2) is 5.92. The van der Waals surface area contributed by atoms with Crippen LogP contribution in [0.5, 0.6) is 0 Å². The van der Waals surface area contributed by atoms with Crippen molar-refractivity contribution >= 4 is 28.6 Å². The number of aliphatic hydroxyl groups is 1. The molecule has 0 bridgehead atoms. The molecular formula is C12H14ClFN5O3. The van der Waals surface area contributed by atoms with Crippen LogP contribution in [-0.4, -0.2) is 56.2 Å². The molecule has 10 heteroatoms. The van der Waals surface area contributed by atoms with Gasteiger partial charge in [-0.05, 0) is 18.5 Å². The minimum absolute atomic E-state index is 0.0282. The molecule has 2 aromatic heterocycles. The molecule has 1 aliphatic heterocycles. The molecule has 0 aliphatic carbocycles. The molecule has 1 radical (unpaired) electrons. The molecule has 0 aromatic carbocycles. The highest BCUT2D eigenvalue weighted by Crippen LogP contribution is 2.34. The summed E-state index contributed by atoms with van der Waals surface area (Å²) in [6.07, 6.45) is -4.20. The Morgan fingerprint density at radius 2 is 2.32 bits per heavy atom. The number of hydrogen-bond acceptors (Lipinski definition) is 6. The Labute approximate surface area is 129 Å². The zero-order valence-electron chi connectivity index (χ0n) is 11.6. The zero-order valence-corrected chi connectivity index (χ0v) is 12.4. The molecule has 3 rings (SSSR count). The van der Waals surface area contributed by atoms with Crippen LogP contribution < -0.4 is 5.32 Å². The highest BCUT2D eigenvalue weighted by Gasteiger charge is 2.45. The van der Waals surface area contributed by atoms with Crippen LogP contribution in [0.4, 0.5) is 10.2 Å². The predicted octanol–water partition coefficient (Wildman–Crippen LogP) is 0.938. The molecule has 2 N–H and O–H groups in total. The largest absolute Gasteiger partial charge is 0.387 e. The van der Waals surface area contributed by atoms with E-state index in [4.69, 9.17) is 16.3 Å². The number of aliphatic hydroxyl groups excluding tert-OH is 1. The van der Waals surface area contributed by atoms with E-state index in [0.717, 1.165) is 0 Å². The van der Waals surface area contributed by atoms with Crippen molar-refractivity contribution in [3.8, 4) is 0 Å². The van der Waals surface area contributed by atoms with Crippen molar-refractivity contribution in [1.82, 2.24) is 19.5 Å². The SMILES string of the molecule is CCNc1nc(Cl)nc2c1ncn2[C@@H]1O[C@H](C[O])[C@@H](O)[C@@H]1F. The minimum Gasteiger partial charge on any atom is -0.387 e. The second-order valence-corrected chi connectivity index (χ2v) is 5.20. The summed E-state index contributed by atoms with van der Waals surface area (Å²) in [6, 6.07) is 0. The zero-order chi connectivity index (χ0) is 15.9. The molecule has 3 heterocycles. The Balaban J connectivity index is 2.05. The third kappa shape index (κ3) is 2.39. The van der Waals surface area contributed by atoms with E-state index >= 15 is 0 Å². The van der Waals surface area contributed by atoms with E-state index in [1.54, 1.807) is 0 Å². The third-order valence-electron chi connectivity index (χ3n) is 3.47. The highest BCUT2D eigenvalue weighted by atomic mass is 35.5. The molecule has 2 aromatic rings. The van der Waals surface area contributed by atoms with Crippen molar-refractivity contribution in [3.63, 3.8) is 0 Å². The number of halogens is 2. The first-order valence-corrected chi connectivity index (χ1v) is 7.14. The van der Waals surface area contributed by atoms with Crippen molar-refractivity contribution in [2.75, 3.05) is 18.5 Å². The fourth-order valence-corrected chi connectivity index (χ4v) is 2.60. The van der Waals surface area contributed by atoms with Gasteiger partial charge in [-0.15, -0.1) is 0 Å². The van der Waals surface area contributed by atoms with Crippen molar-refractivity contribution in [2.45, 2.75) is 31.5 Å². The van der Waals surface area contributed by atoms with Crippen LogP contribution in [0.3, 0.4) is 0 Å². The number of anilines is 1.